The average Bonchev–Trinajstić information content (AvgIpc) is 2.74. The first-order valence-electron chi connectivity index (χ1n) is 9.42. The van der Waals surface area contributed by atoms with E-state index in [4.69, 9.17) is 0 Å². The van der Waals surface area contributed by atoms with Gasteiger partial charge < -0.3 is 9.80 Å². The van der Waals surface area contributed by atoms with Gasteiger partial charge in [0.05, 0.1) is 5.69 Å². The standard InChI is InChI=1S/C22H20F2N4O/c1-15-5-2-3-6-16(15)19-9-10-20(26-25-19)27-11-13-28(14-12-27)22(29)21-17(23)7-4-8-18(21)24/h2-10H,11-14H2,1H3. The minimum atomic E-state index is -0.838. The van der Waals surface area contributed by atoms with Crippen LogP contribution in [0.3, 0.4) is 0 Å². The van der Waals surface area contributed by atoms with Crippen molar-refractivity contribution >= 4 is 11.7 Å². The van der Waals surface area contributed by atoms with Crippen molar-refractivity contribution in [2.45, 2.75) is 6.92 Å². The lowest BCUT2D eigenvalue weighted by molar-refractivity contribution is 0.0736. The quantitative estimate of drug-likeness (QED) is 0.680. The number of aromatic nitrogens is 2. The van der Waals surface area contributed by atoms with Crippen molar-refractivity contribution in [2.24, 2.45) is 0 Å². The second-order valence-corrected chi connectivity index (χ2v) is 6.97. The summed E-state index contributed by atoms with van der Waals surface area (Å²) in [5, 5.41) is 8.67. The second kappa shape index (κ2) is 7.95. The van der Waals surface area contributed by atoms with Crippen LogP contribution in [0.1, 0.15) is 15.9 Å². The Morgan fingerprint density at radius 3 is 2.17 bits per heavy atom. The summed E-state index contributed by atoms with van der Waals surface area (Å²) >= 11 is 0. The minimum absolute atomic E-state index is 0.355. The van der Waals surface area contributed by atoms with Crippen LogP contribution >= 0.6 is 0 Å². The van der Waals surface area contributed by atoms with E-state index in [1.54, 1.807) is 0 Å². The van der Waals surface area contributed by atoms with Crippen molar-refractivity contribution in [1.29, 1.82) is 0 Å². The third kappa shape index (κ3) is 3.81. The molecule has 29 heavy (non-hydrogen) atoms. The SMILES string of the molecule is Cc1ccccc1-c1ccc(N2CCN(C(=O)c3c(F)cccc3F)CC2)nn1. The monoisotopic (exact) mass is 394 g/mol. The van der Waals surface area contributed by atoms with E-state index in [0.717, 1.165) is 29.0 Å². The molecule has 4 rings (SSSR count). The first-order valence-corrected chi connectivity index (χ1v) is 9.42. The number of benzene rings is 2. The maximum absolute atomic E-state index is 13.9. The molecule has 0 atom stereocenters. The highest BCUT2D eigenvalue weighted by Crippen LogP contribution is 2.23. The molecule has 1 aliphatic heterocycles. The van der Waals surface area contributed by atoms with E-state index in [9.17, 15) is 13.6 Å². The van der Waals surface area contributed by atoms with Gasteiger partial charge in [0, 0.05) is 31.7 Å². The molecule has 0 spiro atoms. The Morgan fingerprint density at radius 2 is 1.55 bits per heavy atom. The minimum Gasteiger partial charge on any atom is -0.352 e. The molecule has 1 amide bonds. The van der Waals surface area contributed by atoms with Crippen molar-refractivity contribution < 1.29 is 13.6 Å². The van der Waals surface area contributed by atoms with Gasteiger partial charge >= 0.3 is 0 Å². The summed E-state index contributed by atoms with van der Waals surface area (Å²) in [5.41, 5.74) is 2.47. The number of hydrogen-bond acceptors (Lipinski definition) is 4. The first kappa shape index (κ1) is 19.0. The molecule has 2 heterocycles. The van der Waals surface area contributed by atoms with Gasteiger partial charge in [0.2, 0.25) is 0 Å². The van der Waals surface area contributed by atoms with Crippen LogP contribution in [0.2, 0.25) is 0 Å². The summed E-state index contributed by atoms with van der Waals surface area (Å²) in [5.74, 6) is -1.59. The predicted octanol–water partition coefficient (Wildman–Crippen LogP) is 3.69. The Bertz CT molecular complexity index is 1010. The normalized spacial score (nSPS) is 14.2. The Hall–Kier alpha value is -3.35. The second-order valence-electron chi connectivity index (χ2n) is 6.97. The zero-order valence-electron chi connectivity index (χ0n) is 16.0. The number of carbonyl (C=O) groups is 1. The molecule has 0 radical (unpaired) electrons. The Labute approximate surface area is 167 Å². The van der Waals surface area contributed by atoms with Crippen LogP contribution in [0.4, 0.5) is 14.6 Å². The Kier molecular flexibility index (Phi) is 5.20. The molecule has 3 aromatic rings. The average molecular weight is 394 g/mol. The fourth-order valence-corrected chi connectivity index (χ4v) is 3.50. The summed E-state index contributed by atoms with van der Waals surface area (Å²) in [6.07, 6.45) is 0. The number of piperazine rings is 1. The van der Waals surface area contributed by atoms with Gasteiger partial charge in [0.15, 0.2) is 5.82 Å². The summed E-state index contributed by atoms with van der Waals surface area (Å²) in [7, 11) is 0. The lowest BCUT2D eigenvalue weighted by Crippen LogP contribution is -2.49. The van der Waals surface area contributed by atoms with Crippen LogP contribution in [0.5, 0.6) is 0 Å². The van der Waals surface area contributed by atoms with Gasteiger partial charge in [-0.3, -0.25) is 4.79 Å². The van der Waals surface area contributed by atoms with E-state index < -0.39 is 23.1 Å². The van der Waals surface area contributed by atoms with Crippen molar-refractivity contribution in [2.75, 3.05) is 31.1 Å². The molecule has 7 heteroatoms. The van der Waals surface area contributed by atoms with Crippen LogP contribution in [0.15, 0.2) is 54.6 Å². The fraction of sp³-hybridized carbons (Fsp3) is 0.227. The number of halogens is 2. The molecule has 1 aliphatic rings. The fourth-order valence-electron chi connectivity index (χ4n) is 3.50. The molecule has 0 N–H and O–H groups in total. The van der Waals surface area contributed by atoms with Crippen molar-refractivity contribution in [1.82, 2.24) is 15.1 Å². The zero-order chi connectivity index (χ0) is 20.4. The molecule has 148 valence electrons. The summed E-state index contributed by atoms with van der Waals surface area (Å²) < 4.78 is 27.8. The topological polar surface area (TPSA) is 49.3 Å². The van der Waals surface area contributed by atoms with Gasteiger partial charge in [0.25, 0.3) is 5.91 Å². The molecule has 5 nitrogen and oxygen atoms in total. The Morgan fingerprint density at radius 1 is 0.862 bits per heavy atom. The van der Waals surface area contributed by atoms with E-state index in [-0.39, 0.29) is 0 Å². The maximum atomic E-state index is 13.9. The summed E-state index contributed by atoms with van der Waals surface area (Å²) in [6.45, 7) is 3.77. The molecule has 0 aliphatic carbocycles. The van der Waals surface area contributed by atoms with Gasteiger partial charge in [-0.05, 0) is 36.8 Å². The molecule has 1 aromatic heterocycles. The molecular formula is C22H20F2N4O. The Balaban J connectivity index is 1.43. The number of aryl methyl sites for hydroxylation is 1. The smallest absolute Gasteiger partial charge is 0.259 e. The number of anilines is 1. The number of amides is 1. The van der Waals surface area contributed by atoms with E-state index in [1.807, 2.05) is 48.2 Å². The van der Waals surface area contributed by atoms with Gasteiger partial charge in [0.1, 0.15) is 17.2 Å². The van der Waals surface area contributed by atoms with Crippen LogP contribution < -0.4 is 4.90 Å². The first-order chi connectivity index (χ1) is 14.0. The van der Waals surface area contributed by atoms with E-state index in [2.05, 4.69) is 10.2 Å². The molecule has 0 unspecified atom stereocenters. The van der Waals surface area contributed by atoms with Crippen LogP contribution in [0.25, 0.3) is 11.3 Å². The molecule has 1 saturated heterocycles. The van der Waals surface area contributed by atoms with Crippen LogP contribution in [-0.2, 0) is 0 Å². The van der Waals surface area contributed by atoms with Gasteiger partial charge in [-0.1, -0.05) is 30.3 Å². The van der Waals surface area contributed by atoms with Crippen molar-refractivity contribution in [3.05, 3.63) is 77.4 Å². The number of hydrogen-bond donors (Lipinski definition) is 0. The van der Waals surface area contributed by atoms with Gasteiger partial charge in [-0.25, -0.2) is 8.78 Å². The largest absolute Gasteiger partial charge is 0.352 e. The van der Waals surface area contributed by atoms with E-state index in [0.29, 0.717) is 32.0 Å². The van der Waals surface area contributed by atoms with E-state index >= 15 is 0 Å². The third-order valence-electron chi connectivity index (χ3n) is 5.14. The summed E-state index contributed by atoms with van der Waals surface area (Å²) in [6, 6.07) is 15.3. The number of nitrogens with zero attached hydrogens (tertiary/aromatic N) is 4. The van der Waals surface area contributed by atoms with Gasteiger partial charge in [-0.2, -0.15) is 0 Å². The molecule has 2 aromatic carbocycles. The predicted molar refractivity (Wildman–Crippen MR) is 107 cm³/mol. The summed E-state index contributed by atoms with van der Waals surface area (Å²) in [4.78, 5) is 16.0. The van der Waals surface area contributed by atoms with Crippen LogP contribution in [-0.4, -0.2) is 47.2 Å². The van der Waals surface area contributed by atoms with Crippen LogP contribution in [0, 0.1) is 18.6 Å². The molecule has 0 bridgehead atoms. The molecular weight excluding hydrogens is 374 g/mol. The lowest BCUT2D eigenvalue weighted by Gasteiger charge is -2.35. The zero-order valence-corrected chi connectivity index (χ0v) is 16.0. The number of carbonyl (C=O) groups excluding carboxylic acids is 1. The number of rotatable bonds is 3. The third-order valence-corrected chi connectivity index (χ3v) is 5.14. The lowest BCUT2D eigenvalue weighted by atomic mass is 10.1. The van der Waals surface area contributed by atoms with Crippen molar-refractivity contribution in [3.8, 4) is 11.3 Å². The maximum Gasteiger partial charge on any atom is 0.259 e. The van der Waals surface area contributed by atoms with Gasteiger partial charge in [-0.15, -0.1) is 10.2 Å². The molecule has 1 fully saturated rings. The van der Waals surface area contributed by atoms with Crippen molar-refractivity contribution in [3.63, 3.8) is 0 Å². The van der Waals surface area contributed by atoms with E-state index in [1.165, 1.54) is 11.0 Å². The highest BCUT2D eigenvalue weighted by atomic mass is 19.1. The highest BCUT2D eigenvalue weighted by molar-refractivity contribution is 5.95. The molecule has 0 saturated carbocycles. The highest BCUT2D eigenvalue weighted by Gasteiger charge is 2.27.